The maximum atomic E-state index is 13.1. The van der Waals surface area contributed by atoms with E-state index in [1.165, 1.54) is 0 Å². The minimum Gasteiger partial charge on any atom is -0.497 e. The van der Waals surface area contributed by atoms with Crippen LogP contribution in [0.4, 0.5) is 10.5 Å². The van der Waals surface area contributed by atoms with Crippen molar-refractivity contribution in [2.45, 2.75) is 13.2 Å². The van der Waals surface area contributed by atoms with E-state index in [1.54, 1.807) is 24.1 Å². The molecule has 0 spiro atoms. The van der Waals surface area contributed by atoms with Crippen LogP contribution in [0.25, 0.3) is 0 Å². The molecule has 0 unspecified atom stereocenters. The zero-order valence-corrected chi connectivity index (χ0v) is 17.6. The minimum atomic E-state index is -0.658. The van der Waals surface area contributed by atoms with Crippen molar-refractivity contribution in [1.29, 1.82) is 0 Å². The highest BCUT2D eigenvalue weighted by atomic mass is 16.5. The quantitative estimate of drug-likeness (QED) is 0.629. The molecule has 0 atom stereocenters. The van der Waals surface area contributed by atoms with E-state index >= 15 is 0 Å². The van der Waals surface area contributed by atoms with Crippen molar-refractivity contribution in [3.05, 3.63) is 95.1 Å². The predicted octanol–water partition coefficient (Wildman–Crippen LogP) is 3.87. The van der Waals surface area contributed by atoms with E-state index in [9.17, 15) is 9.59 Å². The van der Waals surface area contributed by atoms with Crippen molar-refractivity contribution < 1.29 is 19.1 Å². The van der Waals surface area contributed by atoms with Crippen LogP contribution in [0.5, 0.6) is 5.75 Å². The smallest absolute Gasteiger partial charge is 0.407 e. The Morgan fingerprint density at radius 3 is 2.41 bits per heavy atom. The zero-order chi connectivity index (χ0) is 22.3. The topological polar surface area (TPSA) is 67.9 Å². The summed E-state index contributed by atoms with van der Waals surface area (Å²) in [5.41, 5.74) is 4.13. The highest BCUT2D eigenvalue weighted by molar-refractivity contribution is 5.97. The molecule has 0 aliphatic carbocycles. The molecule has 0 aromatic heterocycles. The molecular weight excluding hydrogens is 404 g/mol. The first-order valence-corrected chi connectivity index (χ1v) is 10.2. The number of anilines is 1. The van der Waals surface area contributed by atoms with Crippen molar-refractivity contribution in [3.8, 4) is 17.6 Å². The highest BCUT2D eigenvalue weighted by Crippen LogP contribution is 2.25. The van der Waals surface area contributed by atoms with Gasteiger partial charge >= 0.3 is 6.09 Å². The van der Waals surface area contributed by atoms with Crippen molar-refractivity contribution in [2.24, 2.45) is 0 Å². The zero-order valence-electron chi connectivity index (χ0n) is 17.6. The molecule has 0 radical (unpaired) electrons. The number of para-hydroxylation sites is 1. The summed E-state index contributed by atoms with van der Waals surface area (Å²) < 4.78 is 10.3. The fourth-order valence-corrected chi connectivity index (χ4v) is 3.37. The number of hydrogen-bond acceptors (Lipinski definition) is 4. The molecule has 1 aliphatic heterocycles. The molecule has 32 heavy (non-hydrogen) atoms. The monoisotopic (exact) mass is 426 g/mol. The Balaban J connectivity index is 1.42. The molecule has 3 aromatic carbocycles. The Morgan fingerprint density at radius 2 is 1.62 bits per heavy atom. The Hall–Kier alpha value is -4.24. The fraction of sp³-hybridized carbons (Fsp3) is 0.154. The van der Waals surface area contributed by atoms with Crippen LogP contribution in [-0.2, 0) is 22.7 Å². The summed E-state index contributed by atoms with van der Waals surface area (Å²) in [5.74, 6) is 6.81. The van der Waals surface area contributed by atoms with Crippen LogP contribution in [0, 0.1) is 11.8 Å². The average molecular weight is 426 g/mol. The van der Waals surface area contributed by atoms with E-state index < -0.39 is 6.09 Å². The number of ether oxygens (including phenoxy) is 2. The predicted molar refractivity (Wildman–Crippen MR) is 121 cm³/mol. The molecule has 0 bridgehead atoms. The molecule has 1 heterocycles. The van der Waals surface area contributed by atoms with Crippen LogP contribution >= 0.6 is 0 Å². The van der Waals surface area contributed by atoms with Gasteiger partial charge in [0.1, 0.15) is 18.9 Å². The van der Waals surface area contributed by atoms with Crippen LogP contribution in [0.1, 0.15) is 22.3 Å². The first-order chi connectivity index (χ1) is 15.6. The highest BCUT2D eigenvalue weighted by Gasteiger charge is 2.21. The first kappa shape index (κ1) is 21.0. The van der Waals surface area contributed by atoms with E-state index in [-0.39, 0.29) is 19.1 Å². The summed E-state index contributed by atoms with van der Waals surface area (Å²) in [6.07, 6.45) is -0.658. The van der Waals surface area contributed by atoms with Gasteiger partial charge in [0.15, 0.2) is 0 Å². The maximum absolute atomic E-state index is 13.1. The Bertz CT molecular complexity index is 1190. The second kappa shape index (κ2) is 9.71. The number of rotatable bonds is 5. The molecule has 0 fully saturated rings. The molecule has 1 aliphatic rings. The molecule has 160 valence electrons. The van der Waals surface area contributed by atoms with Crippen molar-refractivity contribution in [1.82, 2.24) is 5.32 Å². The fourth-order valence-electron chi connectivity index (χ4n) is 3.37. The normalized spacial score (nSPS) is 11.6. The lowest BCUT2D eigenvalue weighted by Crippen LogP contribution is -2.40. The second-order valence-electron chi connectivity index (χ2n) is 7.18. The number of nitrogens with one attached hydrogen (secondary N) is 1. The lowest BCUT2D eigenvalue weighted by Gasteiger charge is -2.26. The van der Waals surface area contributed by atoms with Crippen LogP contribution in [-0.4, -0.2) is 25.7 Å². The van der Waals surface area contributed by atoms with E-state index in [2.05, 4.69) is 17.2 Å². The van der Waals surface area contributed by atoms with E-state index in [0.29, 0.717) is 12.2 Å². The van der Waals surface area contributed by atoms with Crippen LogP contribution in [0.3, 0.4) is 0 Å². The third-order valence-electron chi connectivity index (χ3n) is 5.09. The standard InChI is InChI=1S/C26H22N2O4/c1-31-23-14-10-19(11-15-23)18-32-26(30)27-16-25(29)28-17-22-8-3-2-6-20(22)12-13-21-7-4-5-9-24(21)28/h2-11,14-15H,16-18H2,1H3,(H,27,30). The van der Waals surface area contributed by atoms with Gasteiger partial charge in [0.05, 0.1) is 19.3 Å². The number of carbonyl (C=O) groups is 2. The SMILES string of the molecule is COc1ccc(COC(=O)NCC(=O)N2Cc3ccccc3C#Cc3ccccc32)cc1. The number of alkyl carbamates (subject to hydrolysis) is 1. The molecule has 6 heteroatoms. The largest absolute Gasteiger partial charge is 0.497 e. The van der Waals surface area contributed by atoms with Gasteiger partial charge in [-0.15, -0.1) is 0 Å². The molecule has 3 aromatic rings. The summed E-state index contributed by atoms with van der Waals surface area (Å²) in [6, 6.07) is 22.4. The molecule has 1 N–H and O–H groups in total. The summed E-state index contributed by atoms with van der Waals surface area (Å²) >= 11 is 0. The van der Waals surface area contributed by atoms with Gasteiger partial charge in [-0.05, 0) is 41.5 Å². The summed E-state index contributed by atoms with van der Waals surface area (Å²) in [4.78, 5) is 26.9. The van der Waals surface area contributed by atoms with Gasteiger partial charge in [-0.3, -0.25) is 4.79 Å². The van der Waals surface area contributed by atoms with Crippen molar-refractivity contribution in [2.75, 3.05) is 18.6 Å². The van der Waals surface area contributed by atoms with Gasteiger partial charge in [0.2, 0.25) is 5.91 Å². The van der Waals surface area contributed by atoms with Gasteiger partial charge in [0.25, 0.3) is 0 Å². The second-order valence-corrected chi connectivity index (χ2v) is 7.18. The first-order valence-electron chi connectivity index (χ1n) is 10.2. The third-order valence-corrected chi connectivity index (χ3v) is 5.09. The number of nitrogens with zero attached hydrogens (tertiary/aromatic N) is 1. The van der Waals surface area contributed by atoms with Crippen LogP contribution < -0.4 is 15.0 Å². The minimum absolute atomic E-state index is 0.0968. The number of methoxy groups -OCH3 is 1. The number of benzene rings is 3. The Labute approximate surface area is 186 Å². The van der Waals surface area contributed by atoms with Gasteiger partial charge in [-0.2, -0.15) is 0 Å². The lowest BCUT2D eigenvalue weighted by molar-refractivity contribution is -0.117. The van der Waals surface area contributed by atoms with Gasteiger partial charge in [-0.1, -0.05) is 54.3 Å². The van der Waals surface area contributed by atoms with Gasteiger partial charge in [-0.25, -0.2) is 4.79 Å². The molecule has 0 saturated heterocycles. The van der Waals surface area contributed by atoms with Gasteiger partial charge < -0.3 is 19.7 Å². The third kappa shape index (κ3) is 4.90. The van der Waals surface area contributed by atoms with Crippen LogP contribution in [0.15, 0.2) is 72.8 Å². The molecule has 2 amide bonds. The summed E-state index contributed by atoms with van der Waals surface area (Å²) in [6.45, 7) is 0.272. The van der Waals surface area contributed by atoms with E-state index in [4.69, 9.17) is 9.47 Å². The van der Waals surface area contributed by atoms with Gasteiger partial charge in [0, 0.05) is 11.1 Å². The molecular formula is C26H22N2O4. The summed E-state index contributed by atoms with van der Waals surface area (Å²) in [7, 11) is 1.59. The lowest BCUT2D eigenvalue weighted by atomic mass is 10.0. The van der Waals surface area contributed by atoms with Crippen LogP contribution in [0.2, 0.25) is 0 Å². The maximum Gasteiger partial charge on any atom is 0.407 e. The number of amides is 2. The van der Waals surface area contributed by atoms with Crippen molar-refractivity contribution in [3.63, 3.8) is 0 Å². The average Bonchev–Trinajstić information content (AvgIpc) is 2.83. The Kier molecular flexibility index (Phi) is 6.38. The van der Waals surface area contributed by atoms with E-state index in [0.717, 1.165) is 28.0 Å². The molecule has 6 nitrogen and oxygen atoms in total. The van der Waals surface area contributed by atoms with E-state index in [1.807, 2.05) is 60.7 Å². The summed E-state index contributed by atoms with van der Waals surface area (Å²) in [5, 5.41) is 2.55. The molecule has 0 saturated carbocycles. The molecule has 4 rings (SSSR count). The number of carbonyl (C=O) groups excluding carboxylic acids is 2. The number of hydrogen-bond donors (Lipinski definition) is 1. The van der Waals surface area contributed by atoms with Crippen molar-refractivity contribution >= 4 is 17.7 Å². The Morgan fingerprint density at radius 1 is 0.938 bits per heavy atom. The number of fused-ring (bicyclic) bond motifs is 2.